The lowest BCUT2D eigenvalue weighted by Gasteiger charge is -2.03. The van der Waals surface area contributed by atoms with Gasteiger partial charge in [0.2, 0.25) is 0 Å². The maximum absolute atomic E-state index is 11.6. The van der Waals surface area contributed by atoms with Gasteiger partial charge < -0.3 is 9.14 Å². The first kappa shape index (κ1) is 17.2. The standard InChI is InChI=1S/C11H12N2O2.2C2H6/c1-3-15-11(14)9-5-4-6-13-8(2)7-12-10(9)13;2*1-2/h4-7H,3H2,1-2H3;2*1-2H3. The zero-order valence-corrected chi connectivity index (χ0v) is 12.7. The Morgan fingerprint density at radius 3 is 2.53 bits per heavy atom. The molecule has 0 saturated heterocycles. The number of carbonyl (C=O) groups excluding carboxylic acids is 1. The van der Waals surface area contributed by atoms with Gasteiger partial charge in [-0.3, -0.25) is 0 Å². The minimum absolute atomic E-state index is 0.325. The molecule has 0 amide bonds. The third-order valence-corrected chi connectivity index (χ3v) is 2.22. The highest BCUT2D eigenvalue weighted by Crippen LogP contribution is 2.12. The van der Waals surface area contributed by atoms with Crippen LogP contribution in [0, 0.1) is 6.92 Å². The Hall–Kier alpha value is -1.84. The molecular formula is C15H24N2O2. The summed E-state index contributed by atoms with van der Waals surface area (Å²) in [4.78, 5) is 15.8. The van der Waals surface area contributed by atoms with Crippen LogP contribution in [0.2, 0.25) is 0 Å². The number of aromatic nitrogens is 2. The number of fused-ring (bicyclic) bond motifs is 1. The summed E-state index contributed by atoms with van der Waals surface area (Å²) in [5.41, 5.74) is 2.15. The summed E-state index contributed by atoms with van der Waals surface area (Å²) in [6, 6.07) is 3.54. The summed E-state index contributed by atoms with van der Waals surface area (Å²) in [5, 5.41) is 0. The lowest BCUT2D eigenvalue weighted by Crippen LogP contribution is -2.06. The molecule has 0 aliphatic rings. The van der Waals surface area contributed by atoms with E-state index in [1.807, 2.05) is 51.3 Å². The molecule has 19 heavy (non-hydrogen) atoms. The van der Waals surface area contributed by atoms with Crippen molar-refractivity contribution < 1.29 is 9.53 Å². The number of pyridine rings is 1. The minimum Gasteiger partial charge on any atom is -0.462 e. The number of imidazole rings is 1. The summed E-state index contributed by atoms with van der Waals surface area (Å²) in [7, 11) is 0. The predicted octanol–water partition coefficient (Wildman–Crippen LogP) is 3.87. The molecule has 0 fully saturated rings. The van der Waals surface area contributed by atoms with Crippen molar-refractivity contribution in [3.8, 4) is 0 Å². The van der Waals surface area contributed by atoms with Gasteiger partial charge in [-0.05, 0) is 26.0 Å². The number of ether oxygens (including phenoxy) is 1. The van der Waals surface area contributed by atoms with E-state index in [1.54, 1.807) is 19.2 Å². The second kappa shape index (κ2) is 9.14. The molecule has 0 unspecified atom stereocenters. The molecule has 2 rings (SSSR count). The Morgan fingerprint density at radius 1 is 1.32 bits per heavy atom. The quantitative estimate of drug-likeness (QED) is 0.773. The predicted molar refractivity (Wildman–Crippen MR) is 78.6 cm³/mol. The molecular weight excluding hydrogens is 240 g/mol. The molecule has 4 heteroatoms. The number of hydrogen-bond acceptors (Lipinski definition) is 3. The average Bonchev–Trinajstić information content (AvgIpc) is 2.85. The zero-order valence-electron chi connectivity index (χ0n) is 12.7. The summed E-state index contributed by atoms with van der Waals surface area (Å²) >= 11 is 0. The van der Waals surface area contributed by atoms with E-state index in [0.29, 0.717) is 17.8 Å². The Bertz CT molecular complexity index is 504. The summed E-state index contributed by atoms with van der Waals surface area (Å²) in [6.45, 7) is 12.1. The fourth-order valence-corrected chi connectivity index (χ4v) is 1.50. The normalized spacial score (nSPS) is 8.95. The third kappa shape index (κ3) is 4.09. The van der Waals surface area contributed by atoms with Crippen LogP contribution >= 0.6 is 0 Å². The highest BCUT2D eigenvalue weighted by molar-refractivity contribution is 5.95. The molecule has 106 valence electrons. The largest absolute Gasteiger partial charge is 0.462 e. The van der Waals surface area contributed by atoms with Gasteiger partial charge in [0.25, 0.3) is 0 Å². The minimum atomic E-state index is -0.325. The van der Waals surface area contributed by atoms with E-state index in [-0.39, 0.29) is 5.97 Å². The smallest absolute Gasteiger partial charge is 0.341 e. The van der Waals surface area contributed by atoms with E-state index >= 15 is 0 Å². The molecule has 0 spiro atoms. The van der Waals surface area contributed by atoms with Gasteiger partial charge in [0.05, 0.1) is 6.61 Å². The molecule has 0 bridgehead atoms. The van der Waals surface area contributed by atoms with E-state index in [4.69, 9.17) is 4.74 Å². The van der Waals surface area contributed by atoms with Gasteiger partial charge >= 0.3 is 5.97 Å². The average molecular weight is 264 g/mol. The zero-order chi connectivity index (χ0) is 14.8. The van der Waals surface area contributed by atoms with Crippen LogP contribution in [-0.4, -0.2) is 22.0 Å². The van der Waals surface area contributed by atoms with Gasteiger partial charge in [-0.1, -0.05) is 27.7 Å². The van der Waals surface area contributed by atoms with Crippen molar-refractivity contribution in [2.24, 2.45) is 0 Å². The SMILES string of the molecule is CC.CC.CCOC(=O)c1cccn2c(C)cnc12. The van der Waals surface area contributed by atoms with Crippen LogP contribution in [0.5, 0.6) is 0 Å². The summed E-state index contributed by atoms with van der Waals surface area (Å²) in [5.74, 6) is -0.325. The van der Waals surface area contributed by atoms with Crippen molar-refractivity contribution in [3.05, 3.63) is 35.8 Å². The molecule has 0 aromatic carbocycles. The molecule has 0 saturated carbocycles. The fourth-order valence-electron chi connectivity index (χ4n) is 1.50. The Kier molecular flexibility index (Phi) is 8.25. The van der Waals surface area contributed by atoms with Crippen LogP contribution in [0.1, 0.15) is 50.7 Å². The Balaban J connectivity index is 0.000000741. The van der Waals surface area contributed by atoms with Crippen molar-refractivity contribution in [2.45, 2.75) is 41.5 Å². The number of nitrogens with zero attached hydrogens (tertiary/aromatic N) is 2. The highest BCUT2D eigenvalue weighted by atomic mass is 16.5. The second-order valence-electron chi connectivity index (χ2n) is 3.24. The molecule has 2 aromatic rings. The number of carbonyl (C=O) groups is 1. The second-order valence-corrected chi connectivity index (χ2v) is 3.24. The van der Waals surface area contributed by atoms with Gasteiger partial charge in [-0.15, -0.1) is 0 Å². The summed E-state index contributed by atoms with van der Waals surface area (Å²) in [6.07, 6.45) is 3.61. The molecule has 0 N–H and O–H groups in total. The lowest BCUT2D eigenvalue weighted by atomic mass is 10.3. The molecule has 0 radical (unpaired) electrons. The maximum atomic E-state index is 11.6. The van der Waals surface area contributed by atoms with Crippen LogP contribution in [0.4, 0.5) is 0 Å². The first-order valence-corrected chi connectivity index (χ1v) is 6.84. The van der Waals surface area contributed by atoms with Crippen molar-refractivity contribution in [1.29, 1.82) is 0 Å². The van der Waals surface area contributed by atoms with Crippen molar-refractivity contribution in [1.82, 2.24) is 9.38 Å². The highest BCUT2D eigenvalue weighted by Gasteiger charge is 2.12. The van der Waals surface area contributed by atoms with Gasteiger partial charge in [-0.25, -0.2) is 9.78 Å². The van der Waals surface area contributed by atoms with Crippen molar-refractivity contribution in [2.75, 3.05) is 6.61 Å². The molecule has 0 aliphatic carbocycles. The first-order valence-electron chi connectivity index (χ1n) is 6.84. The van der Waals surface area contributed by atoms with Gasteiger partial charge in [0, 0.05) is 18.1 Å². The van der Waals surface area contributed by atoms with Gasteiger partial charge in [-0.2, -0.15) is 0 Å². The van der Waals surface area contributed by atoms with Crippen LogP contribution in [0.25, 0.3) is 5.65 Å². The molecule has 0 atom stereocenters. The van der Waals surface area contributed by atoms with E-state index in [9.17, 15) is 4.79 Å². The number of esters is 1. The van der Waals surface area contributed by atoms with Crippen LogP contribution in [0.3, 0.4) is 0 Å². The Morgan fingerprint density at radius 2 is 1.95 bits per heavy atom. The topological polar surface area (TPSA) is 43.6 Å². The maximum Gasteiger partial charge on any atom is 0.341 e. The van der Waals surface area contributed by atoms with Crippen molar-refractivity contribution in [3.63, 3.8) is 0 Å². The fraction of sp³-hybridized carbons (Fsp3) is 0.467. The first-order chi connectivity index (χ1) is 9.24. The lowest BCUT2D eigenvalue weighted by molar-refractivity contribution is 0.0528. The molecule has 2 heterocycles. The molecule has 4 nitrogen and oxygen atoms in total. The van der Waals surface area contributed by atoms with Crippen LogP contribution in [-0.2, 0) is 4.74 Å². The van der Waals surface area contributed by atoms with Crippen LogP contribution < -0.4 is 0 Å². The number of hydrogen-bond donors (Lipinski definition) is 0. The van der Waals surface area contributed by atoms with Crippen molar-refractivity contribution >= 4 is 11.6 Å². The molecule has 0 aliphatic heterocycles. The van der Waals surface area contributed by atoms with E-state index in [0.717, 1.165) is 5.69 Å². The molecule has 2 aromatic heterocycles. The Labute approximate surface area is 115 Å². The van der Waals surface area contributed by atoms with Crippen LogP contribution in [0.15, 0.2) is 24.5 Å². The number of rotatable bonds is 2. The summed E-state index contributed by atoms with van der Waals surface area (Å²) < 4.78 is 6.82. The van der Waals surface area contributed by atoms with E-state index in [2.05, 4.69) is 4.98 Å². The van der Waals surface area contributed by atoms with E-state index in [1.165, 1.54) is 0 Å². The monoisotopic (exact) mass is 264 g/mol. The van der Waals surface area contributed by atoms with E-state index < -0.39 is 0 Å². The third-order valence-electron chi connectivity index (χ3n) is 2.22. The number of aryl methyl sites for hydroxylation is 1. The van der Waals surface area contributed by atoms with Gasteiger partial charge in [0.15, 0.2) is 5.65 Å². The van der Waals surface area contributed by atoms with Gasteiger partial charge in [0.1, 0.15) is 5.56 Å².